The number of ether oxygens (including phenoxy) is 1. The van der Waals surface area contributed by atoms with Gasteiger partial charge in [0.15, 0.2) is 11.2 Å². The highest BCUT2D eigenvalue weighted by atomic mass is 16.5. The van der Waals surface area contributed by atoms with E-state index in [0.29, 0.717) is 19.0 Å². The van der Waals surface area contributed by atoms with Crippen molar-refractivity contribution < 1.29 is 13.9 Å². The summed E-state index contributed by atoms with van der Waals surface area (Å²) >= 11 is 0. The highest BCUT2D eigenvalue weighted by molar-refractivity contribution is 5.91. The molecule has 1 aromatic rings. The number of amides is 1. The van der Waals surface area contributed by atoms with Gasteiger partial charge in [0.1, 0.15) is 5.76 Å². The number of aryl methyl sites for hydroxylation is 1. The Morgan fingerprint density at radius 2 is 1.96 bits per heavy atom. The summed E-state index contributed by atoms with van der Waals surface area (Å²) in [5, 5.41) is 2.96. The molecule has 1 aromatic heterocycles. The smallest absolute Gasteiger partial charge is 0.287 e. The highest BCUT2D eigenvalue weighted by Crippen LogP contribution is 2.16. The van der Waals surface area contributed by atoms with Crippen LogP contribution in [0.3, 0.4) is 0 Å². The van der Waals surface area contributed by atoms with Gasteiger partial charge in [0, 0.05) is 38.3 Å². The average Bonchev–Trinajstić information content (AvgIpc) is 2.95. The molecule has 126 valence electrons. The third-order valence-corrected chi connectivity index (χ3v) is 4.49. The van der Waals surface area contributed by atoms with Crippen molar-refractivity contribution in [2.45, 2.75) is 19.0 Å². The van der Waals surface area contributed by atoms with Gasteiger partial charge in [-0.1, -0.05) is 0 Å². The summed E-state index contributed by atoms with van der Waals surface area (Å²) in [7, 11) is 2.11. The number of piperazine rings is 1. The normalized spacial score (nSPS) is 26.3. The standard InChI is InChI=1S/C16H23N3O4/c1-11-7-12(20)8-15(23-11)16(21)17-13-9-22-10-14(13)19-5-3-18(2)4-6-19/h7-8,13-14H,3-6,9-10H2,1-2H3,(H,17,21)/t13-,14-/m0/s1. The van der Waals surface area contributed by atoms with Crippen molar-refractivity contribution in [2.24, 2.45) is 0 Å². The molecule has 0 saturated carbocycles. The Balaban J connectivity index is 1.66. The van der Waals surface area contributed by atoms with Gasteiger partial charge in [0.25, 0.3) is 5.91 Å². The van der Waals surface area contributed by atoms with Crippen LogP contribution in [0.2, 0.25) is 0 Å². The SMILES string of the molecule is Cc1cc(=O)cc(C(=O)N[C@H]2COC[C@@H]2N2CCN(C)CC2)o1. The molecule has 1 amide bonds. The van der Waals surface area contributed by atoms with Crippen molar-refractivity contribution in [3.63, 3.8) is 0 Å². The zero-order valence-corrected chi connectivity index (χ0v) is 13.6. The molecule has 2 aliphatic heterocycles. The van der Waals surface area contributed by atoms with Crippen LogP contribution in [0.4, 0.5) is 0 Å². The lowest BCUT2D eigenvalue weighted by Gasteiger charge is -2.37. The summed E-state index contributed by atoms with van der Waals surface area (Å²) < 4.78 is 10.9. The number of hydrogen-bond acceptors (Lipinski definition) is 6. The number of rotatable bonds is 3. The molecule has 0 radical (unpaired) electrons. The van der Waals surface area contributed by atoms with Gasteiger partial charge >= 0.3 is 0 Å². The van der Waals surface area contributed by atoms with Crippen LogP contribution in [0.1, 0.15) is 16.3 Å². The van der Waals surface area contributed by atoms with Gasteiger partial charge < -0.3 is 19.4 Å². The second-order valence-corrected chi connectivity index (χ2v) is 6.29. The second kappa shape index (κ2) is 6.82. The zero-order chi connectivity index (χ0) is 16.4. The van der Waals surface area contributed by atoms with E-state index in [2.05, 4.69) is 22.2 Å². The molecule has 23 heavy (non-hydrogen) atoms. The van der Waals surface area contributed by atoms with Gasteiger partial charge in [-0.15, -0.1) is 0 Å². The summed E-state index contributed by atoms with van der Waals surface area (Å²) in [5.74, 6) is 0.125. The lowest BCUT2D eigenvalue weighted by atomic mass is 10.1. The van der Waals surface area contributed by atoms with Gasteiger partial charge in [-0.05, 0) is 14.0 Å². The number of nitrogens with zero attached hydrogens (tertiary/aromatic N) is 2. The Hall–Kier alpha value is -1.70. The zero-order valence-electron chi connectivity index (χ0n) is 13.6. The number of nitrogens with one attached hydrogen (secondary N) is 1. The van der Waals surface area contributed by atoms with Crippen molar-refractivity contribution >= 4 is 5.91 Å². The van der Waals surface area contributed by atoms with E-state index >= 15 is 0 Å². The highest BCUT2D eigenvalue weighted by Gasteiger charge is 2.35. The van der Waals surface area contributed by atoms with Gasteiger partial charge in [-0.25, -0.2) is 0 Å². The van der Waals surface area contributed by atoms with E-state index in [4.69, 9.17) is 9.15 Å². The molecule has 1 N–H and O–H groups in total. The van der Waals surface area contributed by atoms with E-state index in [1.165, 1.54) is 12.1 Å². The summed E-state index contributed by atoms with van der Waals surface area (Å²) in [4.78, 5) is 28.5. The number of carbonyl (C=O) groups excluding carboxylic acids is 1. The first kappa shape index (κ1) is 16.2. The number of carbonyl (C=O) groups is 1. The van der Waals surface area contributed by atoms with Crippen LogP contribution in [-0.2, 0) is 4.74 Å². The first-order valence-corrected chi connectivity index (χ1v) is 7.96. The van der Waals surface area contributed by atoms with Gasteiger partial charge in [0.2, 0.25) is 0 Å². The van der Waals surface area contributed by atoms with Crippen LogP contribution in [0.25, 0.3) is 0 Å². The number of hydrogen-bond donors (Lipinski definition) is 1. The Kier molecular flexibility index (Phi) is 4.79. The molecule has 3 heterocycles. The summed E-state index contributed by atoms with van der Waals surface area (Å²) in [5.41, 5.74) is -0.225. The van der Waals surface area contributed by atoms with Crippen LogP contribution in [0.5, 0.6) is 0 Å². The van der Waals surface area contributed by atoms with E-state index in [0.717, 1.165) is 26.2 Å². The molecule has 0 bridgehead atoms. The van der Waals surface area contributed by atoms with Crippen molar-refractivity contribution in [3.8, 4) is 0 Å². The summed E-state index contributed by atoms with van der Waals surface area (Å²) in [6.45, 7) is 6.73. The van der Waals surface area contributed by atoms with Crippen molar-refractivity contribution in [3.05, 3.63) is 33.9 Å². The van der Waals surface area contributed by atoms with Gasteiger partial charge in [-0.3, -0.25) is 14.5 Å². The van der Waals surface area contributed by atoms with Crippen molar-refractivity contribution in [1.29, 1.82) is 0 Å². The maximum absolute atomic E-state index is 12.4. The predicted octanol–water partition coefficient (Wildman–Crippen LogP) is -0.307. The van der Waals surface area contributed by atoms with E-state index in [1.54, 1.807) is 6.92 Å². The molecule has 2 fully saturated rings. The Morgan fingerprint density at radius 1 is 1.22 bits per heavy atom. The third kappa shape index (κ3) is 3.80. The van der Waals surface area contributed by atoms with Crippen LogP contribution in [-0.4, -0.2) is 74.2 Å². The molecule has 2 atom stereocenters. The minimum Gasteiger partial charge on any atom is -0.456 e. The largest absolute Gasteiger partial charge is 0.456 e. The van der Waals surface area contributed by atoms with E-state index in [9.17, 15) is 9.59 Å². The quantitative estimate of drug-likeness (QED) is 0.823. The fourth-order valence-corrected chi connectivity index (χ4v) is 3.15. The van der Waals surface area contributed by atoms with Crippen LogP contribution < -0.4 is 10.7 Å². The predicted molar refractivity (Wildman–Crippen MR) is 84.6 cm³/mol. The van der Waals surface area contributed by atoms with Crippen LogP contribution in [0.15, 0.2) is 21.3 Å². The lowest BCUT2D eigenvalue weighted by Crippen LogP contribution is -2.56. The summed E-state index contributed by atoms with van der Waals surface area (Å²) in [6, 6.07) is 2.67. The summed E-state index contributed by atoms with van der Waals surface area (Å²) in [6.07, 6.45) is 0. The van der Waals surface area contributed by atoms with Crippen LogP contribution in [0, 0.1) is 6.92 Å². The van der Waals surface area contributed by atoms with E-state index in [-0.39, 0.29) is 29.2 Å². The topological polar surface area (TPSA) is 75.0 Å². The molecule has 0 aromatic carbocycles. The molecular formula is C16H23N3O4. The molecule has 7 heteroatoms. The number of likely N-dealkylation sites (N-methyl/N-ethyl adjacent to an activating group) is 1. The molecule has 7 nitrogen and oxygen atoms in total. The van der Waals surface area contributed by atoms with Crippen molar-refractivity contribution in [2.75, 3.05) is 46.4 Å². The first-order valence-electron chi connectivity index (χ1n) is 7.96. The molecule has 0 spiro atoms. The monoisotopic (exact) mass is 321 g/mol. The molecule has 3 rings (SSSR count). The van der Waals surface area contributed by atoms with Gasteiger partial charge in [0.05, 0.1) is 25.3 Å². The maximum atomic E-state index is 12.4. The Morgan fingerprint density at radius 3 is 2.65 bits per heavy atom. The molecular weight excluding hydrogens is 298 g/mol. The van der Waals surface area contributed by atoms with E-state index < -0.39 is 0 Å². The molecule has 0 aliphatic carbocycles. The van der Waals surface area contributed by atoms with Gasteiger partial charge in [-0.2, -0.15) is 0 Å². The lowest BCUT2D eigenvalue weighted by molar-refractivity contribution is 0.0809. The Labute approximate surface area is 135 Å². The first-order chi connectivity index (χ1) is 11.0. The second-order valence-electron chi connectivity index (χ2n) is 6.29. The van der Waals surface area contributed by atoms with Crippen LogP contribution >= 0.6 is 0 Å². The maximum Gasteiger partial charge on any atom is 0.287 e. The minimum atomic E-state index is -0.361. The fourth-order valence-electron chi connectivity index (χ4n) is 3.15. The molecule has 2 saturated heterocycles. The molecule has 0 unspecified atom stereocenters. The fraction of sp³-hybridized carbons (Fsp3) is 0.625. The minimum absolute atomic E-state index is 0.0547. The van der Waals surface area contributed by atoms with Crippen molar-refractivity contribution in [1.82, 2.24) is 15.1 Å². The molecule has 2 aliphatic rings. The Bertz CT molecular complexity index is 622. The third-order valence-electron chi connectivity index (χ3n) is 4.49. The van der Waals surface area contributed by atoms with E-state index in [1.807, 2.05) is 0 Å². The average molecular weight is 321 g/mol.